The van der Waals surface area contributed by atoms with Crippen molar-refractivity contribution in [1.82, 2.24) is 0 Å². The minimum atomic E-state index is -0.216. The maximum atomic E-state index is 9.16. The number of rotatable bonds is 4. The third-order valence-corrected chi connectivity index (χ3v) is 1.38. The highest BCUT2D eigenvalue weighted by atomic mass is 16.3. The number of hydrogen-bond acceptors (Lipinski definition) is 3. The van der Waals surface area contributed by atoms with Crippen LogP contribution in [0.2, 0.25) is 0 Å². The Kier molecular flexibility index (Phi) is 4.88. The second-order valence-electron chi connectivity index (χ2n) is 2.50. The molecule has 0 amide bonds. The lowest BCUT2D eigenvalue weighted by Gasteiger charge is -1.98. The molecule has 0 rings (SSSR count). The standard InChI is InChI=1S/C9H15NO2/c1-3-8(11)9(12)6-7(2)4-5-10/h3,6,11-12H,1,4-5,10H2,2H3/b7-6+,9-8-. The summed E-state index contributed by atoms with van der Waals surface area (Å²) in [6.07, 6.45) is 3.36. The second kappa shape index (κ2) is 5.43. The van der Waals surface area contributed by atoms with Gasteiger partial charge in [0, 0.05) is 0 Å². The number of aliphatic hydroxyl groups excluding tert-OH is 2. The summed E-state index contributed by atoms with van der Waals surface area (Å²) in [6.45, 7) is 5.68. The van der Waals surface area contributed by atoms with Crippen LogP contribution in [-0.2, 0) is 0 Å². The first-order valence-electron chi connectivity index (χ1n) is 3.73. The zero-order chi connectivity index (χ0) is 9.56. The van der Waals surface area contributed by atoms with Crippen LogP contribution in [0.4, 0.5) is 0 Å². The molecule has 0 aliphatic carbocycles. The van der Waals surface area contributed by atoms with E-state index in [1.54, 1.807) is 0 Å². The minimum Gasteiger partial charge on any atom is -0.504 e. The van der Waals surface area contributed by atoms with E-state index in [1.165, 1.54) is 12.2 Å². The number of nitrogens with two attached hydrogens (primary N) is 1. The fourth-order valence-corrected chi connectivity index (χ4v) is 0.712. The van der Waals surface area contributed by atoms with E-state index in [2.05, 4.69) is 6.58 Å². The summed E-state index contributed by atoms with van der Waals surface area (Å²) in [5, 5.41) is 18.1. The average Bonchev–Trinajstić information content (AvgIpc) is 2.03. The van der Waals surface area contributed by atoms with E-state index in [-0.39, 0.29) is 11.5 Å². The third kappa shape index (κ3) is 3.83. The van der Waals surface area contributed by atoms with Crippen LogP contribution >= 0.6 is 0 Å². The molecule has 0 aromatic heterocycles. The summed E-state index contributed by atoms with van der Waals surface area (Å²) < 4.78 is 0. The van der Waals surface area contributed by atoms with Crippen molar-refractivity contribution in [1.29, 1.82) is 0 Å². The van der Waals surface area contributed by atoms with Crippen molar-refractivity contribution in [3.63, 3.8) is 0 Å². The van der Waals surface area contributed by atoms with Crippen molar-refractivity contribution < 1.29 is 10.2 Å². The SMILES string of the molecule is C=C/C(O)=C(O)\C=C(/C)CCN. The van der Waals surface area contributed by atoms with Crippen LogP contribution in [0.1, 0.15) is 13.3 Å². The van der Waals surface area contributed by atoms with Crippen molar-refractivity contribution in [2.45, 2.75) is 13.3 Å². The van der Waals surface area contributed by atoms with Crippen LogP contribution in [0.25, 0.3) is 0 Å². The van der Waals surface area contributed by atoms with Crippen molar-refractivity contribution in [2.24, 2.45) is 5.73 Å². The molecule has 0 spiro atoms. The predicted molar refractivity (Wildman–Crippen MR) is 49.9 cm³/mol. The summed E-state index contributed by atoms with van der Waals surface area (Å²) in [5.41, 5.74) is 6.21. The van der Waals surface area contributed by atoms with Gasteiger partial charge in [0.15, 0.2) is 11.5 Å². The largest absolute Gasteiger partial charge is 0.504 e. The van der Waals surface area contributed by atoms with E-state index >= 15 is 0 Å². The Morgan fingerprint density at radius 1 is 1.42 bits per heavy atom. The molecule has 0 aliphatic heterocycles. The van der Waals surface area contributed by atoms with Crippen LogP contribution in [0.3, 0.4) is 0 Å². The van der Waals surface area contributed by atoms with Crippen LogP contribution in [-0.4, -0.2) is 16.8 Å². The Balaban J connectivity index is 4.41. The smallest absolute Gasteiger partial charge is 0.157 e. The maximum Gasteiger partial charge on any atom is 0.157 e. The van der Waals surface area contributed by atoms with Gasteiger partial charge in [-0.25, -0.2) is 0 Å². The zero-order valence-corrected chi connectivity index (χ0v) is 7.25. The van der Waals surface area contributed by atoms with Gasteiger partial charge in [-0.3, -0.25) is 0 Å². The molecular formula is C9H15NO2. The van der Waals surface area contributed by atoms with Gasteiger partial charge in [0.25, 0.3) is 0 Å². The summed E-state index contributed by atoms with van der Waals surface area (Å²) >= 11 is 0. The first-order chi connectivity index (χ1) is 5.61. The van der Waals surface area contributed by atoms with E-state index in [9.17, 15) is 0 Å². The lowest BCUT2D eigenvalue weighted by molar-refractivity contribution is 0.351. The van der Waals surface area contributed by atoms with Crippen molar-refractivity contribution in [3.8, 4) is 0 Å². The Bertz CT molecular complexity index is 217. The first kappa shape index (κ1) is 10.8. The van der Waals surface area contributed by atoms with Gasteiger partial charge in [-0.05, 0) is 32.0 Å². The average molecular weight is 169 g/mol. The highest BCUT2D eigenvalue weighted by Crippen LogP contribution is 2.06. The van der Waals surface area contributed by atoms with E-state index in [0.717, 1.165) is 5.57 Å². The Morgan fingerprint density at radius 2 is 2.00 bits per heavy atom. The molecular weight excluding hydrogens is 154 g/mol. The van der Waals surface area contributed by atoms with Gasteiger partial charge in [-0.15, -0.1) is 0 Å². The molecule has 0 aliphatic rings. The van der Waals surface area contributed by atoms with E-state index in [0.29, 0.717) is 13.0 Å². The van der Waals surface area contributed by atoms with Gasteiger partial charge in [0.05, 0.1) is 0 Å². The summed E-state index contributed by atoms with van der Waals surface area (Å²) in [5.74, 6) is -0.387. The molecule has 0 unspecified atom stereocenters. The Morgan fingerprint density at radius 3 is 2.42 bits per heavy atom. The predicted octanol–water partition coefficient (Wildman–Crippen LogP) is 1.80. The monoisotopic (exact) mass is 169 g/mol. The molecule has 68 valence electrons. The molecule has 0 fully saturated rings. The molecule has 0 saturated carbocycles. The number of allylic oxidation sites excluding steroid dienone is 2. The molecule has 3 nitrogen and oxygen atoms in total. The zero-order valence-electron chi connectivity index (χ0n) is 7.25. The van der Waals surface area contributed by atoms with Crippen LogP contribution in [0.15, 0.2) is 35.8 Å². The topological polar surface area (TPSA) is 66.5 Å². The molecule has 4 N–H and O–H groups in total. The molecule has 3 heteroatoms. The molecule has 0 radical (unpaired) electrons. The summed E-state index contributed by atoms with van der Waals surface area (Å²) in [6, 6.07) is 0. The van der Waals surface area contributed by atoms with Gasteiger partial charge in [-0.2, -0.15) is 0 Å². The lowest BCUT2D eigenvalue weighted by atomic mass is 10.2. The molecule has 0 heterocycles. The van der Waals surface area contributed by atoms with Crippen molar-refractivity contribution in [3.05, 3.63) is 35.8 Å². The molecule has 0 aromatic carbocycles. The maximum absolute atomic E-state index is 9.16. The molecule has 0 aromatic rings. The fourth-order valence-electron chi connectivity index (χ4n) is 0.712. The lowest BCUT2D eigenvalue weighted by Crippen LogP contribution is -1.99. The van der Waals surface area contributed by atoms with Gasteiger partial charge < -0.3 is 15.9 Å². The summed E-state index contributed by atoms with van der Waals surface area (Å²) in [7, 11) is 0. The van der Waals surface area contributed by atoms with Crippen LogP contribution in [0.5, 0.6) is 0 Å². The Labute approximate surface area is 72.5 Å². The Hall–Kier alpha value is -1.22. The van der Waals surface area contributed by atoms with Gasteiger partial charge in [-0.1, -0.05) is 12.2 Å². The van der Waals surface area contributed by atoms with Gasteiger partial charge in [0.1, 0.15) is 0 Å². The normalized spacial score (nSPS) is 14.0. The molecule has 12 heavy (non-hydrogen) atoms. The van der Waals surface area contributed by atoms with Crippen molar-refractivity contribution >= 4 is 0 Å². The highest BCUT2D eigenvalue weighted by molar-refractivity contribution is 5.24. The quantitative estimate of drug-likeness (QED) is 0.444. The van der Waals surface area contributed by atoms with Crippen LogP contribution in [0, 0.1) is 0 Å². The van der Waals surface area contributed by atoms with Gasteiger partial charge in [0.2, 0.25) is 0 Å². The van der Waals surface area contributed by atoms with Crippen LogP contribution < -0.4 is 5.73 Å². The third-order valence-electron chi connectivity index (χ3n) is 1.38. The number of aliphatic hydroxyl groups is 2. The molecule has 0 bridgehead atoms. The van der Waals surface area contributed by atoms with E-state index in [4.69, 9.17) is 15.9 Å². The minimum absolute atomic E-state index is 0.170. The second-order valence-corrected chi connectivity index (χ2v) is 2.50. The highest BCUT2D eigenvalue weighted by Gasteiger charge is 1.96. The fraction of sp³-hybridized carbons (Fsp3) is 0.333. The van der Waals surface area contributed by atoms with E-state index < -0.39 is 0 Å². The van der Waals surface area contributed by atoms with Gasteiger partial charge >= 0.3 is 0 Å². The summed E-state index contributed by atoms with van der Waals surface area (Å²) in [4.78, 5) is 0. The first-order valence-corrected chi connectivity index (χ1v) is 3.73. The van der Waals surface area contributed by atoms with E-state index in [1.807, 2.05) is 6.92 Å². The number of hydrogen-bond donors (Lipinski definition) is 3. The van der Waals surface area contributed by atoms with Crippen molar-refractivity contribution in [2.75, 3.05) is 6.54 Å². The molecule has 0 atom stereocenters. The molecule has 0 saturated heterocycles.